The first-order valence-corrected chi connectivity index (χ1v) is 6.55. The lowest BCUT2D eigenvalue weighted by Gasteiger charge is -2.06. The van der Waals surface area contributed by atoms with E-state index in [9.17, 15) is 8.42 Å². The molecule has 1 heterocycles. The van der Waals surface area contributed by atoms with Gasteiger partial charge in [0.25, 0.3) is 10.0 Å². The van der Waals surface area contributed by atoms with Crippen molar-refractivity contribution in [2.75, 3.05) is 10.5 Å². The monoisotopic (exact) mass is 268 g/mol. The van der Waals surface area contributed by atoms with Gasteiger partial charge in [0.1, 0.15) is 0 Å². The van der Waals surface area contributed by atoms with Gasteiger partial charge in [0, 0.05) is 5.69 Å². The van der Waals surface area contributed by atoms with Crippen molar-refractivity contribution in [1.82, 2.24) is 10.1 Å². The van der Waals surface area contributed by atoms with Crippen LogP contribution in [0.25, 0.3) is 0 Å². The molecule has 0 amide bonds. The number of rotatable bonds is 3. The van der Waals surface area contributed by atoms with E-state index in [-0.39, 0.29) is 10.9 Å². The van der Waals surface area contributed by atoms with E-state index in [0.29, 0.717) is 11.5 Å². The molecule has 2 aromatic rings. The molecular formula is C10H12N4O3S. The summed E-state index contributed by atoms with van der Waals surface area (Å²) in [5, 5.41) is 3.49. The maximum atomic E-state index is 12.0. The normalized spacial score (nSPS) is 11.4. The molecule has 0 atom stereocenters. The molecule has 0 saturated carbocycles. The molecule has 0 saturated heterocycles. The molecule has 96 valence electrons. The molecule has 7 nitrogen and oxygen atoms in total. The van der Waals surface area contributed by atoms with E-state index in [1.165, 1.54) is 12.1 Å². The summed E-state index contributed by atoms with van der Waals surface area (Å²) in [6.45, 7) is 3.35. The van der Waals surface area contributed by atoms with Gasteiger partial charge in [-0.2, -0.15) is 4.98 Å². The van der Waals surface area contributed by atoms with Crippen LogP contribution in [0.4, 0.5) is 11.7 Å². The molecule has 2 rings (SSSR count). The first-order valence-electron chi connectivity index (χ1n) is 5.07. The van der Waals surface area contributed by atoms with Crippen LogP contribution in [0.3, 0.4) is 0 Å². The predicted molar refractivity (Wildman–Crippen MR) is 65.4 cm³/mol. The highest BCUT2D eigenvalue weighted by atomic mass is 32.2. The van der Waals surface area contributed by atoms with Gasteiger partial charge in [-0.1, -0.05) is 5.16 Å². The van der Waals surface area contributed by atoms with Crippen LogP contribution in [0.1, 0.15) is 11.4 Å². The summed E-state index contributed by atoms with van der Waals surface area (Å²) in [7, 11) is -3.77. The van der Waals surface area contributed by atoms with Crippen molar-refractivity contribution in [2.45, 2.75) is 18.7 Å². The number of benzene rings is 1. The number of anilines is 2. The standard InChI is InChI=1S/C10H12N4O3S/c1-6-3-8(11)5-9(4-6)18(15,16)14-10-12-7(2)13-17-10/h3-5H,11H2,1-2H3,(H,12,13,14). The third-order valence-corrected chi connectivity index (χ3v) is 3.43. The van der Waals surface area contributed by atoms with Crippen LogP contribution >= 0.6 is 0 Å². The SMILES string of the molecule is Cc1cc(N)cc(S(=O)(=O)Nc2nc(C)no2)c1. The highest BCUT2D eigenvalue weighted by Crippen LogP contribution is 2.18. The number of hydrogen-bond acceptors (Lipinski definition) is 6. The Kier molecular flexibility index (Phi) is 2.95. The van der Waals surface area contributed by atoms with Crippen LogP contribution in [0, 0.1) is 13.8 Å². The summed E-state index contributed by atoms with van der Waals surface area (Å²) >= 11 is 0. The molecular weight excluding hydrogens is 256 g/mol. The fourth-order valence-corrected chi connectivity index (χ4v) is 2.51. The average Bonchev–Trinajstić information content (AvgIpc) is 2.61. The minimum absolute atomic E-state index is 0.0517. The molecule has 1 aromatic carbocycles. The number of nitrogens with two attached hydrogens (primary N) is 1. The number of aryl methyl sites for hydroxylation is 2. The fraction of sp³-hybridized carbons (Fsp3) is 0.200. The summed E-state index contributed by atoms with van der Waals surface area (Å²) in [5.41, 5.74) is 6.73. The van der Waals surface area contributed by atoms with Gasteiger partial charge in [-0.25, -0.2) is 13.1 Å². The quantitative estimate of drug-likeness (QED) is 0.805. The summed E-state index contributed by atoms with van der Waals surface area (Å²) in [6, 6.07) is 4.36. The lowest BCUT2D eigenvalue weighted by Crippen LogP contribution is -2.13. The first kappa shape index (κ1) is 12.4. The number of nitrogen functional groups attached to an aromatic ring is 1. The Bertz CT molecular complexity index is 658. The molecule has 0 aliphatic carbocycles. The highest BCUT2D eigenvalue weighted by Gasteiger charge is 2.18. The first-order chi connectivity index (χ1) is 8.37. The van der Waals surface area contributed by atoms with Gasteiger partial charge < -0.3 is 10.3 Å². The minimum Gasteiger partial charge on any atom is -0.399 e. The molecule has 0 aliphatic heterocycles. The molecule has 0 spiro atoms. The van der Waals surface area contributed by atoms with Gasteiger partial charge in [0.15, 0.2) is 5.82 Å². The second kappa shape index (κ2) is 4.30. The topological polar surface area (TPSA) is 111 Å². The van der Waals surface area contributed by atoms with Gasteiger partial charge in [0.05, 0.1) is 4.90 Å². The molecule has 8 heteroatoms. The van der Waals surface area contributed by atoms with Crippen molar-refractivity contribution in [3.05, 3.63) is 29.6 Å². The van der Waals surface area contributed by atoms with Gasteiger partial charge in [-0.3, -0.25) is 0 Å². The molecule has 0 bridgehead atoms. The average molecular weight is 268 g/mol. The zero-order valence-corrected chi connectivity index (χ0v) is 10.7. The lowest BCUT2D eigenvalue weighted by molar-refractivity contribution is 0.429. The van der Waals surface area contributed by atoms with Crippen LogP contribution in [0.15, 0.2) is 27.6 Å². The lowest BCUT2D eigenvalue weighted by atomic mass is 10.2. The zero-order chi connectivity index (χ0) is 13.3. The number of hydrogen-bond donors (Lipinski definition) is 2. The van der Waals surface area contributed by atoms with Crippen LogP contribution in [0.5, 0.6) is 0 Å². The Labute approximate surface area is 104 Å². The van der Waals surface area contributed by atoms with E-state index in [0.717, 1.165) is 5.56 Å². The van der Waals surface area contributed by atoms with Crippen LogP contribution in [-0.4, -0.2) is 18.6 Å². The molecule has 0 unspecified atom stereocenters. The van der Waals surface area contributed by atoms with Crippen molar-refractivity contribution in [3.8, 4) is 0 Å². The molecule has 1 aromatic heterocycles. The van der Waals surface area contributed by atoms with Crippen molar-refractivity contribution in [1.29, 1.82) is 0 Å². The summed E-state index contributed by atoms with van der Waals surface area (Å²) in [5.74, 6) is 0.344. The number of sulfonamides is 1. The van der Waals surface area contributed by atoms with E-state index < -0.39 is 10.0 Å². The Hall–Kier alpha value is -2.09. The Balaban J connectivity index is 2.36. The second-order valence-corrected chi connectivity index (χ2v) is 5.51. The van der Waals surface area contributed by atoms with E-state index >= 15 is 0 Å². The van der Waals surface area contributed by atoms with Gasteiger partial charge in [0.2, 0.25) is 0 Å². The minimum atomic E-state index is -3.77. The summed E-state index contributed by atoms with van der Waals surface area (Å²) in [4.78, 5) is 3.82. The van der Waals surface area contributed by atoms with E-state index in [2.05, 4.69) is 14.9 Å². The molecule has 3 N–H and O–H groups in total. The zero-order valence-electron chi connectivity index (χ0n) is 9.84. The smallest absolute Gasteiger partial charge is 0.335 e. The molecule has 18 heavy (non-hydrogen) atoms. The number of aromatic nitrogens is 2. The molecule has 0 fully saturated rings. The van der Waals surface area contributed by atoms with Crippen LogP contribution < -0.4 is 10.5 Å². The highest BCUT2D eigenvalue weighted by molar-refractivity contribution is 7.92. The van der Waals surface area contributed by atoms with E-state index in [1.807, 2.05) is 0 Å². The van der Waals surface area contributed by atoms with Crippen molar-refractivity contribution in [2.24, 2.45) is 0 Å². The molecule has 0 aliphatic rings. The van der Waals surface area contributed by atoms with E-state index in [4.69, 9.17) is 10.3 Å². The maximum Gasteiger partial charge on any atom is 0.335 e. The molecule has 0 radical (unpaired) electrons. The number of nitrogens with zero attached hydrogens (tertiary/aromatic N) is 2. The third-order valence-electron chi connectivity index (χ3n) is 2.13. The Morgan fingerprint density at radius 3 is 2.56 bits per heavy atom. The van der Waals surface area contributed by atoms with E-state index in [1.54, 1.807) is 19.9 Å². The van der Waals surface area contributed by atoms with Crippen molar-refractivity contribution < 1.29 is 12.9 Å². The maximum absolute atomic E-state index is 12.0. The fourth-order valence-electron chi connectivity index (χ4n) is 1.44. The van der Waals surface area contributed by atoms with Gasteiger partial charge in [-0.05, 0) is 37.6 Å². The largest absolute Gasteiger partial charge is 0.399 e. The summed E-state index contributed by atoms with van der Waals surface area (Å²) < 4.78 is 30.9. The number of nitrogens with one attached hydrogen (secondary N) is 1. The van der Waals surface area contributed by atoms with Crippen molar-refractivity contribution >= 4 is 21.7 Å². The summed E-state index contributed by atoms with van der Waals surface area (Å²) in [6.07, 6.45) is 0. The predicted octanol–water partition coefficient (Wildman–Crippen LogP) is 1.07. The Morgan fingerprint density at radius 1 is 1.28 bits per heavy atom. The second-order valence-electron chi connectivity index (χ2n) is 3.83. The Morgan fingerprint density at radius 2 is 2.00 bits per heavy atom. The van der Waals surface area contributed by atoms with Gasteiger partial charge in [-0.15, -0.1) is 0 Å². The third kappa shape index (κ3) is 2.59. The van der Waals surface area contributed by atoms with Gasteiger partial charge >= 0.3 is 6.01 Å². The van der Waals surface area contributed by atoms with Crippen LogP contribution in [-0.2, 0) is 10.0 Å². The van der Waals surface area contributed by atoms with Crippen LogP contribution in [0.2, 0.25) is 0 Å². The van der Waals surface area contributed by atoms with Crippen molar-refractivity contribution in [3.63, 3.8) is 0 Å².